The summed E-state index contributed by atoms with van der Waals surface area (Å²) in [5, 5.41) is 3.55. The number of hydrogen-bond acceptors (Lipinski definition) is 4. The van der Waals surface area contributed by atoms with Crippen molar-refractivity contribution >= 4 is 11.3 Å². The Labute approximate surface area is 125 Å². The van der Waals surface area contributed by atoms with Gasteiger partial charge in [0.25, 0.3) is 0 Å². The van der Waals surface area contributed by atoms with Gasteiger partial charge in [-0.1, -0.05) is 13.8 Å². The van der Waals surface area contributed by atoms with E-state index in [4.69, 9.17) is 4.74 Å². The molecule has 1 N–H and O–H groups in total. The summed E-state index contributed by atoms with van der Waals surface area (Å²) in [6.45, 7) is 3.27. The van der Waals surface area contributed by atoms with E-state index in [0.717, 1.165) is 17.0 Å². The topological polar surface area (TPSA) is 34.1 Å². The second kappa shape index (κ2) is 8.05. The van der Waals surface area contributed by atoms with Gasteiger partial charge in [0.1, 0.15) is 11.6 Å². The molecule has 1 rings (SSSR count). The van der Waals surface area contributed by atoms with Gasteiger partial charge < -0.3 is 10.1 Å². The Hall–Kier alpha value is -0.730. The molecule has 1 aromatic rings. The second-order valence-electron chi connectivity index (χ2n) is 5.16. The Morgan fingerprint density at radius 2 is 2.00 bits per heavy atom. The Morgan fingerprint density at radius 3 is 2.52 bits per heavy atom. The molecule has 0 aliphatic rings. The molecule has 1 heterocycles. The fraction of sp³-hybridized carbons (Fsp3) is 0.769. The first-order valence-corrected chi connectivity index (χ1v) is 7.43. The molecule has 0 unspecified atom stereocenters. The van der Waals surface area contributed by atoms with Crippen molar-refractivity contribution in [3.8, 4) is 0 Å². The van der Waals surface area contributed by atoms with Crippen molar-refractivity contribution < 1.29 is 22.3 Å². The van der Waals surface area contributed by atoms with Gasteiger partial charge in [-0.05, 0) is 19.4 Å². The number of rotatable bonds is 9. The van der Waals surface area contributed by atoms with Crippen LogP contribution in [0.4, 0.5) is 17.6 Å². The second-order valence-corrected chi connectivity index (χ2v) is 6.33. The predicted molar refractivity (Wildman–Crippen MR) is 74.0 cm³/mol. The average molecular weight is 328 g/mol. The maximum Gasteiger partial charge on any atom is 0.330 e. The number of ether oxygens (including phenoxy) is 1. The quantitative estimate of drug-likeness (QED) is 0.705. The van der Waals surface area contributed by atoms with Crippen molar-refractivity contribution in [1.82, 2.24) is 10.3 Å². The van der Waals surface area contributed by atoms with E-state index >= 15 is 0 Å². The number of nitrogens with one attached hydrogen (secondary N) is 1. The van der Waals surface area contributed by atoms with Gasteiger partial charge in [0.2, 0.25) is 0 Å². The van der Waals surface area contributed by atoms with E-state index in [9.17, 15) is 17.6 Å². The Morgan fingerprint density at radius 1 is 1.33 bits per heavy atom. The van der Waals surface area contributed by atoms with Gasteiger partial charge in [0, 0.05) is 11.4 Å². The lowest BCUT2D eigenvalue weighted by Gasteiger charge is -2.14. The number of halogens is 4. The highest BCUT2D eigenvalue weighted by Gasteiger charge is 2.41. The zero-order valence-corrected chi connectivity index (χ0v) is 13.1. The van der Waals surface area contributed by atoms with Crippen molar-refractivity contribution in [3.63, 3.8) is 0 Å². The number of aromatic nitrogens is 1. The van der Waals surface area contributed by atoms with E-state index in [2.05, 4.69) is 24.1 Å². The van der Waals surface area contributed by atoms with Crippen molar-refractivity contribution in [3.05, 3.63) is 15.6 Å². The Kier molecular flexibility index (Phi) is 7.02. The number of nitrogens with zero attached hydrogens (tertiary/aromatic N) is 1. The minimum atomic E-state index is -4.12. The molecule has 0 radical (unpaired) electrons. The molecule has 1 aromatic heterocycles. The zero-order chi connectivity index (χ0) is 16.0. The lowest BCUT2D eigenvalue weighted by Crippen LogP contribution is -2.32. The van der Waals surface area contributed by atoms with Gasteiger partial charge in [-0.2, -0.15) is 8.78 Å². The fourth-order valence-corrected chi connectivity index (χ4v) is 2.73. The van der Waals surface area contributed by atoms with E-state index in [1.54, 1.807) is 7.05 Å². The van der Waals surface area contributed by atoms with E-state index in [1.165, 1.54) is 11.3 Å². The monoisotopic (exact) mass is 328 g/mol. The lowest BCUT2D eigenvalue weighted by atomic mass is 10.1. The molecule has 0 amide bonds. The standard InChI is InChI=1S/C13H20F4N2OS/c1-8(2)4-9-10(5-18-3)21-11(19-9)6-20-7-13(16,17)12(14)15/h8,12,18H,4-7H2,1-3H3. The summed E-state index contributed by atoms with van der Waals surface area (Å²) in [4.78, 5) is 5.37. The van der Waals surface area contributed by atoms with Gasteiger partial charge in [0.15, 0.2) is 0 Å². The molecule has 0 aromatic carbocycles. The minimum absolute atomic E-state index is 0.179. The van der Waals surface area contributed by atoms with Gasteiger partial charge in [-0.3, -0.25) is 0 Å². The predicted octanol–water partition coefficient (Wildman–Crippen LogP) is 3.48. The molecular weight excluding hydrogens is 308 g/mol. The average Bonchev–Trinajstić information content (AvgIpc) is 2.70. The van der Waals surface area contributed by atoms with Crippen LogP contribution >= 0.6 is 11.3 Å². The lowest BCUT2D eigenvalue weighted by molar-refractivity contribution is -0.168. The maximum absolute atomic E-state index is 12.7. The van der Waals surface area contributed by atoms with E-state index < -0.39 is 19.0 Å². The Balaban J connectivity index is 2.63. The van der Waals surface area contributed by atoms with Crippen molar-refractivity contribution in [2.75, 3.05) is 13.7 Å². The summed E-state index contributed by atoms with van der Waals surface area (Å²) in [5.74, 6) is -3.70. The van der Waals surface area contributed by atoms with Gasteiger partial charge in [-0.15, -0.1) is 11.3 Å². The first-order chi connectivity index (χ1) is 9.76. The summed E-state index contributed by atoms with van der Waals surface area (Å²) < 4.78 is 54.1. The highest BCUT2D eigenvalue weighted by Crippen LogP contribution is 2.25. The summed E-state index contributed by atoms with van der Waals surface area (Å²) >= 11 is 1.35. The largest absolute Gasteiger partial charge is 0.368 e. The first kappa shape index (κ1) is 18.3. The van der Waals surface area contributed by atoms with Crippen molar-refractivity contribution in [2.24, 2.45) is 5.92 Å². The number of hydrogen-bond donors (Lipinski definition) is 1. The van der Waals surface area contributed by atoms with Crippen LogP contribution in [-0.2, 0) is 24.3 Å². The Bertz CT molecular complexity index is 438. The van der Waals surface area contributed by atoms with Gasteiger partial charge in [0.05, 0.1) is 12.3 Å². The zero-order valence-electron chi connectivity index (χ0n) is 12.3. The van der Waals surface area contributed by atoms with Crippen LogP contribution in [0.3, 0.4) is 0 Å². The van der Waals surface area contributed by atoms with Crippen LogP contribution in [0.25, 0.3) is 0 Å². The smallest absolute Gasteiger partial charge is 0.330 e. The van der Waals surface area contributed by atoms with Crippen LogP contribution in [0.15, 0.2) is 0 Å². The molecule has 0 fully saturated rings. The van der Waals surface area contributed by atoms with Crippen LogP contribution in [0, 0.1) is 5.92 Å². The van der Waals surface area contributed by atoms with Gasteiger partial charge in [-0.25, -0.2) is 13.8 Å². The van der Waals surface area contributed by atoms with Crippen molar-refractivity contribution in [2.45, 2.75) is 45.8 Å². The summed E-state index contributed by atoms with van der Waals surface area (Å²) in [6, 6.07) is 0. The number of thiazole rings is 1. The molecule has 0 saturated carbocycles. The molecule has 0 bridgehead atoms. The first-order valence-electron chi connectivity index (χ1n) is 6.62. The minimum Gasteiger partial charge on any atom is -0.368 e. The van der Waals surface area contributed by atoms with Crippen LogP contribution in [0.5, 0.6) is 0 Å². The molecule has 0 aliphatic heterocycles. The normalized spacial score (nSPS) is 12.6. The van der Waals surface area contributed by atoms with Crippen LogP contribution in [0.1, 0.15) is 29.4 Å². The number of alkyl halides is 4. The molecule has 0 atom stereocenters. The van der Waals surface area contributed by atoms with E-state index in [-0.39, 0.29) is 6.61 Å². The van der Waals surface area contributed by atoms with Crippen LogP contribution < -0.4 is 5.32 Å². The molecule has 0 spiro atoms. The highest BCUT2D eigenvalue weighted by atomic mass is 32.1. The molecular formula is C13H20F4N2OS. The summed E-state index contributed by atoms with van der Waals surface area (Å²) in [6.07, 6.45) is -2.94. The fourth-order valence-electron chi connectivity index (χ4n) is 1.68. The maximum atomic E-state index is 12.7. The molecule has 21 heavy (non-hydrogen) atoms. The summed E-state index contributed by atoms with van der Waals surface area (Å²) in [5.41, 5.74) is 0.906. The highest BCUT2D eigenvalue weighted by molar-refractivity contribution is 7.11. The van der Waals surface area contributed by atoms with Crippen LogP contribution in [0.2, 0.25) is 0 Å². The van der Waals surface area contributed by atoms with Gasteiger partial charge >= 0.3 is 12.3 Å². The molecule has 3 nitrogen and oxygen atoms in total. The van der Waals surface area contributed by atoms with E-state index in [1.807, 2.05) is 0 Å². The van der Waals surface area contributed by atoms with Crippen LogP contribution in [-0.4, -0.2) is 31.0 Å². The SMILES string of the molecule is CNCc1sc(COCC(F)(F)C(F)F)nc1CC(C)C. The van der Waals surface area contributed by atoms with Crippen molar-refractivity contribution in [1.29, 1.82) is 0 Å². The summed E-state index contributed by atoms with van der Waals surface area (Å²) in [7, 11) is 1.80. The third kappa shape index (κ3) is 5.88. The molecule has 8 heteroatoms. The third-order valence-corrected chi connectivity index (χ3v) is 3.67. The third-order valence-electron chi connectivity index (χ3n) is 2.60. The van der Waals surface area contributed by atoms with E-state index in [0.29, 0.717) is 17.5 Å². The molecule has 0 saturated heterocycles. The molecule has 122 valence electrons. The molecule has 0 aliphatic carbocycles.